The van der Waals surface area contributed by atoms with Crippen LogP contribution in [0.25, 0.3) is 5.65 Å². The number of pyridine rings is 1. The summed E-state index contributed by atoms with van der Waals surface area (Å²) < 4.78 is 2.08. The summed E-state index contributed by atoms with van der Waals surface area (Å²) in [6, 6.07) is 4.37. The van der Waals surface area contributed by atoms with Gasteiger partial charge in [-0.15, -0.1) is 10.2 Å². The molecule has 3 heterocycles. The van der Waals surface area contributed by atoms with Gasteiger partial charge in [0, 0.05) is 12.7 Å². The third-order valence-corrected chi connectivity index (χ3v) is 3.54. The molecule has 0 aromatic carbocycles. The summed E-state index contributed by atoms with van der Waals surface area (Å²) in [4.78, 5) is 2.34. The Morgan fingerprint density at radius 1 is 1.41 bits per heavy atom. The van der Waals surface area contributed by atoms with Gasteiger partial charge in [0.1, 0.15) is 0 Å². The maximum Gasteiger partial charge on any atom is 0.160 e. The Labute approximate surface area is 100 Å². The van der Waals surface area contributed by atoms with Crippen LogP contribution in [0.5, 0.6) is 0 Å². The second-order valence-corrected chi connectivity index (χ2v) is 4.67. The van der Waals surface area contributed by atoms with Crippen molar-refractivity contribution >= 4 is 5.65 Å². The fourth-order valence-electron chi connectivity index (χ4n) is 2.54. The summed E-state index contributed by atoms with van der Waals surface area (Å²) in [5, 5.41) is 8.55. The molecule has 0 amide bonds. The van der Waals surface area contributed by atoms with E-state index in [1.54, 1.807) is 0 Å². The average Bonchev–Trinajstić information content (AvgIpc) is 2.94. The predicted molar refractivity (Wildman–Crippen MR) is 65.5 cm³/mol. The zero-order chi connectivity index (χ0) is 11.8. The number of hydrogen-bond acceptors (Lipinski definition) is 4. The highest BCUT2D eigenvalue weighted by Crippen LogP contribution is 2.29. The molecule has 90 valence electrons. The van der Waals surface area contributed by atoms with Crippen LogP contribution < -0.4 is 5.73 Å². The lowest BCUT2D eigenvalue weighted by atomic mass is 10.2. The Kier molecular flexibility index (Phi) is 2.57. The summed E-state index contributed by atoms with van der Waals surface area (Å²) in [7, 11) is 2.14. The van der Waals surface area contributed by atoms with Gasteiger partial charge in [0.05, 0.1) is 6.04 Å². The lowest BCUT2D eigenvalue weighted by Gasteiger charge is -2.17. The van der Waals surface area contributed by atoms with E-state index in [2.05, 4.69) is 32.7 Å². The first-order valence-corrected chi connectivity index (χ1v) is 6.03. The van der Waals surface area contributed by atoms with Gasteiger partial charge in [0.25, 0.3) is 0 Å². The van der Waals surface area contributed by atoms with E-state index in [4.69, 9.17) is 5.73 Å². The fourth-order valence-corrected chi connectivity index (χ4v) is 2.54. The second-order valence-electron chi connectivity index (χ2n) is 4.67. The summed E-state index contributed by atoms with van der Waals surface area (Å²) >= 11 is 0. The van der Waals surface area contributed by atoms with Crippen molar-refractivity contribution < 1.29 is 0 Å². The first kappa shape index (κ1) is 10.7. The molecule has 1 saturated heterocycles. The van der Waals surface area contributed by atoms with Crippen molar-refractivity contribution in [3.63, 3.8) is 0 Å². The topological polar surface area (TPSA) is 59.5 Å². The minimum absolute atomic E-state index is 0.387. The average molecular weight is 231 g/mol. The molecule has 0 saturated carbocycles. The first-order chi connectivity index (χ1) is 8.29. The molecule has 1 aliphatic heterocycles. The highest BCUT2D eigenvalue weighted by atomic mass is 15.3. The highest BCUT2D eigenvalue weighted by Gasteiger charge is 2.26. The molecule has 1 unspecified atom stereocenters. The molecule has 0 aliphatic carbocycles. The Hall–Kier alpha value is -1.46. The standard InChI is InChI=1S/C12H17N5/c1-16-6-2-3-10(16)12-15-14-11-5-4-9(7-13)8-17(11)12/h4-5,8,10H,2-3,6-7,13H2,1H3. The van der Waals surface area contributed by atoms with Gasteiger partial charge in [0.2, 0.25) is 0 Å². The number of likely N-dealkylation sites (tertiary alicyclic amines) is 1. The number of aromatic nitrogens is 3. The molecular weight excluding hydrogens is 214 g/mol. The lowest BCUT2D eigenvalue weighted by molar-refractivity contribution is 0.304. The smallest absolute Gasteiger partial charge is 0.160 e. The highest BCUT2D eigenvalue weighted by molar-refractivity contribution is 5.40. The van der Waals surface area contributed by atoms with Crippen molar-refractivity contribution in [3.05, 3.63) is 29.7 Å². The summed E-state index contributed by atoms with van der Waals surface area (Å²) in [6.45, 7) is 1.68. The molecule has 1 fully saturated rings. The van der Waals surface area contributed by atoms with Gasteiger partial charge in [0.15, 0.2) is 11.5 Å². The molecule has 2 aromatic heterocycles. The van der Waals surface area contributed by atoms with Gasteiger partial charge in [-0.1, -0.05) is 6.07 Å². The molecule has 5 nitrogen and oxygen atoms in total. The van der Waals surface area contributed by atoms with Crippen molar-refractivity contribution in [1.29, 1.82) is 0 Å². The molecule has 3 rings (SSSR count). The van der Waals surface area contributed by atoms with Crippen LogP contribution >= 0.6 is 0 Å². The number of nitrogens with zero attached hydrogens (tertiary/aromatic N) is 4. The second kappa shape index (κ2) is 4.09. The Morgan fingerprint density at radius 2 is 2.29 bits per heavy atom. The van der Waals surface area contributed by atoms with Crippen molar-refractivity contribution in [3.8, 4) is 0 Å². The maximum absolute atomic E-state index is 5.68. The first-order valence-electron chi connectivity index (χ1n) is 6.03. The number of fused-ring (bicyclic) bond motifs is 1. The monoisotopic (exact) mass is 231 g/mol. The molecule has 1 atom stereocenters. The van der Waals surface area contributed by atoms with Crippen LogP contribution in [0.3, 0.4) is 0 Å². The van der Waals surface area contributed by atoms with E-state index in [9.17, 15) is 0 Å². The van der Waals surface area contributed by atoms with E-state index in [0.717, 1.165) is 30.0 Å². The largest absolute Gasteiger partial charge is 0.326 e. The van der Waals surface area contributed by atoms with E-state index in [1.807, 2.05) is 12.1 Å². The SMILES string of the molecule is CN1CCCC1c1nnc2ccc(CN)cn12. The third kappa shape index (κ3) is 1.71. The molecule has 0 spiro atoms. The van der Waals surface area contributed by atoms with Crippen LogP contribution in [-0.2, 0) is 6.54 Å². The van der Waals surface area contributed by atoms with E-state index >= 15 is 0 Å². The van der Waals surface area contributed by atoms with Gasteiger partial charge in [-0.2, -0.15) is 0 Å². The van der Waals surface area contributed by atoms with E-state index in [0.29, 0.717) is 12.6 Å². The van der Waals surface area contributed by atoms with Crippen LogP contribution in [0.2, 0.25) is 0 Å². The van der Waals surface area contributed by atoms with Crippen LogP contribution in [0, 0.1) is 0 Å². The normalized spacial score (nSPS) is 21.4. The van der Waals surface area contributed by atoms with Crippen LogP contribution in [0.15, 0.2) is 18.3 Å². The zero-order valence-electron chi connectivity index (χ0n) is 10.0. The molecule has 0 bridgehead atoms. The molecular formula is C12H17N5. The molecule has 0 radical (unpaired) electrons. The van der Waals surface area contributed by atoms with Gasteiger partial charge in [-0.3, -0.25) is 9.30 Å². The Balaban J connectivity index is 2.09. The fraction of sp³-hybridized carbons (Fsp3) is 0.500. The van der Waals surface area contributed by atoms with Crippen molar-refractivity contribution in [2.24, 2.45) is 5.73 Å². The summed E-state index contributed by atoms with van der Waals surface area (Å²) in [5.41, 5.74) is 7.69. The summed E-state index contributed by atoms with van der Waals surface area (Å²) in [6.07, 6.45) is 4.44. The molecule has 17 heavy (non-hydrogen) atoms. The lowest BCUT2D eigenvalue weighted by Crippen LogP contribution is -2.19. The molecule has 2 aromatic rings. The van der Waals surface area contributed by atoms with Gasteiger partial charge in [-0.25, -0.2) is 0 Å². The van der Waals surface area contributed by atoms with Crippen molar-refractivity contribution in [2.45, 2.75) is 25.4 Å². The number of rotatable bonds is 2. The van der Waals surface area contributed by atoms with Crippen LogP contribution in [-0.4, -0.2) is 33.1 Å². The molecule has 5 heteroatoms. The molecule has 2 N–H and O–H groups in total. The van der Waals surface area contributed by atoms with Gasteiger partial charge in [-0.05, 0) is 38.1 Å². The third-order valence-electron chi connectivity index (χ3n) is 3.54. The van der Waals surface area contributed by atoms with Crippen molar-refractivity contribution in [1.82, 2.24) is 19.5 Å². The maximum atomic E-state index is 5.68. The quantitative estimate of drug-likeness (QED) is 0.836. The van der Waals surface area contributed by atoms with E-state index in [-0.39, 0.29) is 0 Å². The van der Waals surface area contributed by atoms with Gasteiger partial charge < -0.3 is 5.73 Å². The predicted octanol–water partition coefficient (Wildman–Crippen LogP) is 0.955. The van der Waals surface area contributed by atoms with Crippen LogP contribution in [0.1, 0.15) is 30.3 Å². The van der Waals surface area contributed by atoms with E-state index in [1.165, 1.54) is 6.42 Å². The van der Waals surface area contributed by atoms with Gasteiger partial charge >= 0.3 is 0 Å². The zero-order valence-corrected chi connectivity index (χ0v) is 10.0. The Bertz CT molecular complexity index is 533. The van der Waals surface area contributed by atoms with Crippen molar-refractivity contribution in [2.75, 3.05) is 13.6 Å². The molecule has 1 aliphatic rings. The van der Waals surface area contributed by atoms with E-state index < -0.39 is 0 Å². The Morgan fingerprint density at radius 3 is 3.00 bits per heavy atom. The summed E-state index contributed by atoms with van der Waals surface area (Å²) in [5.74, 6) is 1.04. The minimum atomic E-state index is 0.387. The van der Waals surface area contributed by atoms with Crippen LogP contribution in [0.4, 0.5) is 0 Å². The minimum Gasteiger partial charge on any atom is -0.326 e. The number of nitrogens with two attached hydrogens (primary N) is 1. The number of hydrogen-bond donors (Lipinski definition) is 1.